The fourth-order valence-electron chi connectivity index (χ4n) is 6.35. The number of aromatic carboxylic acids is 1. The van der Waals surface area contributed by atoms with Crippen molar-refractivity contribution in [3.8, 4) is 23.0 Å². The Morgan fingerprint density at radius 3 is 2.64 bits per heavy atom. The largest absolute Gasteiger partial charge is 0.476 e. The van der Waals surface area contributed by atoms with E-state index in [1.165, 1.54) is 12.1 Å². The van der Waals surface area contributed by atoms with E-state index in [2.05, 4.69) is 20.7 Å². The highest BCUT2D eigenvalue weighted by molar-refractivity contribution is 6.30. The highest BCUT2D eigenvalue weighted by Crippen LogP contribution is 2.50. The zero-order chi connectivity index (χ0) is 30.6. The normalized spacial score (nSPS) is 21.9. The van der Waals surface area contributed by atoms with Crippen LogP contribution in [-0.2, 0) is 23.6 Å². The van der Waals surface area contributed by atoms with Crippen molar-refractivity contribution in [1.82, 2.24) is 19.6 Å². The van der Waals surface area contributed by atoms with E-state index in [0.717, 1.165) is 56.0 Å². The Hall–Kier alpha value is -3.93. The lowest BCUT2D eigenvalue weighted by Crippen LogP contribution is -2.35. The molecule has 1 N–H and O–H groups in total. The van der Waals surface area contributed by atoms with Gasteiger partial charge in [-0.05, 0) is 69.5 Å². The molecule has 2 fully saturated rings. The highest BCUT2D eigenvalue weighted by atomic mass is 35.5. The lowest BCUT2D eigenvalue weighted by Gasteiger charge is -2.33. The van der Waals surface area contributed by atoms with E-state index in [1.807, 2.05) is 19.1 Å². The minimum absolute atomic E-state index is 0.124. The van der Waals surface area contributed by atoms with Gasteiger partial charge in [0.15, 0.2) is 23.0 Å². The molecule has 2 aromatic carbocycles. The van der Waals surface area contributed by atoms with Gasteiger partial charge in [0.05, 0.1) is 24.8 Å². The minimum atomic E-state index is -1.29. The van der Waals surface area contributed by atoms with Crippen molar-refractivity contribution in [3.05, 3.63) is 81.6 Å². The van der Waals surface area contributed by atoms with Crippen molar-refractivity contribution in [1.29, 1.82) is 0 Å². The topological polar surface area (TPSA) is 112 Å². The number of benzene rings is 2. The second-order valence-corrected chi connectivity index (χ2v) is 12.2. The number of likely N-dealkylation sites (tertiary alicyclic amines) is 1. The van der Waals surface area contributed by atoms with Gasteiger partial charge >= 0.3 is 5.97 Å². The first kappa shape index (κ1) is 28.8. The van der Waals surface area contributed by atoms with Gasteiger partial charge in [0.2, 0.25) is 0 Å². The Labute approximate surface area is 258 Å². The first-order chi connectivity index (χ1) is 21.2. The number of aromatic nitrogens is 3. The van der Waals surface area contributed by atoms with Crippen molar-refractivity contribution in [2.45, 2.75) is 64.0 Å². The first-order valence-corrected chi connectivity index (χ1v) is 15.1. The molecule has 44 heavy (non-hydrogen) atoms. The van der Waals surface area contributed by atoms with Gasteiger partial charge in [0.1, 0.15) is 17.3 Å². The number of piperidine rings is 1. The number of fused-ring (bicyclic) bond motifs is 1. The van der Waals surface area contributed by atoms with Gasteiger partial charge in [-0.3, -0.25) is 4.90 Å². The Morgan fingerprint density at radius 2 is 1.95 bits per heavy atom. The molecule has 0 radical (unpaired) electrons. The molecule has 2 atom stereocenters. The molecule has 3 aliphatic heterocycles. The van der Waals surface area contributed by atoms with Gasteiger partial charge < -0.3 is 28.4 Å². The average Bonchev–Trinajstić information content (AvgIpc) is 3.67. The molecule has 0 bridgehead atoms. The standard InChI is InChI=1S/C32H32ClFN4O6/c1-18-29(27-15-25(31(39)40)36-44-27)35-28(38(18)16-21-10-13-41-21)17-37-11-8-19(9-12-37)22-4-3-5-26-30(22)43-32(2,42-26)23-7-6-20(33)14-24(23)34/h3-7,14-15,19,21H,8-13,16-17H2,1-2H3,(H,39,40)/t21-,32-/m0/s1. The summed E-state index contributed by atoms with van der Waals surface area (Å²) < 4.78 is 40.6. The fraction of sp³-hybridized carbons (Fsp3) is 0.406. The van der Waals surface area contributed by atoms with Crippen LogP contribution in [0.1, 0.15) is 65.2 Å². The van der Waals surface area contributed by atoms with Gasteiger partial charge in [0.25, 0.3) is 5.79 Å². The van der Waals surface area contributed by atoms with Crippen molar-refractivity contribution in [2.75, 3.05) is 19.7 Å². The van der Waals surface area contributed by atoms with Crippen LogP contribution in [0.2, 0.25) is 5.02 Å². The SMILES string of the molecule is Cc1c(-c2cc(C(=O)O)no2)nc(CN2CCC(c3cccc4c3O[C@@](C)(c3ccc(Cl)cc3F)O4)CC2)n1C[C@@H]1CCO1. The summed E-state index contributed by atoms with van der Waals surface area (Å²) in [5.41, 5.74) is 2.67. The van der Waals surface area contributed by atoms with Gasteiger partial charge in [-0.2, -0.15) is 0 Å². The molecule has 230 valence electrons. The number of imidazole rings is 1. The second-order valence-electron chi connectivity index (χ2n) is 11.7. The molecule has 7 rings (SSSR count). The van der Waals surface area contributed by atoms with Crippen LogP contribution in [0.25, 0.3) is 11.5 Å². The number of halogens is 2. The van der Waals surface area contributed by atoms with Gasteiger partial charge in [-0.15, -0.1) is 0 Å². The van der Waals surface area contributed by atoms with Crippen molar-refractivity contribution in [3.63, 3.8) is 0 Å². The van der Waals surface area contributed by atoms with Crippen LogP contribution in [-0.4, -0.2) is 56.5 Å². The molecule has 0 amide bonds. The number of carboxylic acids is 1. The number of hydrogen-bond donors (Lipinski definition) is 1. The molecule has 0 spiro atoms. The van der Waals surface area contributed by atoms with E-state index >= 15 is 0 Å². The van der Waals surface area contributed by atoms with Gasteiger partial charge in [-0.25, -0.2) is 14.2 Å². The summed E-state index contributed by atoms with van der Waals surface area (Å²) in [4.78, 5) is 18.6. The third kappa shape index (κ3) is 5.22. The molecule has 0 aliphatic carbocycles. The Kier molecular flexibility index (Phi) is 7.34. The summed E-state index contributed by atoms with van der Waals surface area (Å²) in [5.74, 6) is -0.211. The molecule has 12 heteroatoms. The van der Waals surface area contributed by atoms with Crippen molar-refractivity contribution >= 4 is 17.6 Å². The average molecular weight is 623 g/mol. The number of ether oxygens (including phenoxy) is 3. The highest BCUT2D eigenvalue weighted by Gasteiger charge is 2.43. The summed E-state index contributed by atoms with van der Waals surface area (Å²) in [6.45, 7) is 7.41. The number of carbonyl (C=O) groups is 1. The number of para-hydroxylation sites is 1. The fourth-order valence-corrected chi connectivity index (χ4v) is 6.51. The van der Waals surface area contributed by atoms with E-state index < -0.39 is 17.6 Å². The van der Waals surface area contributed by atoms with Gasteiger partial charge in [-0.1, -0.05) is 28.9 Å². The van der Waals surface area contributed by atoms with Crippen LogP contribution >= 0.6 is 11.6 Å². The zero-order valence-electron chi connectivity index (χ0n) is 24.4. The third-order valence-corrected chi connectivity index (χ3v) is 9.10. The number of nitrogens with zero attached hydrogens (tertiary/aromatic N) is 4. The first-order valence-electron chi connectivity index (χ1n) is 14.8. The number of hydrogen-bond acceptors (Lipinski definition) is 8. The van der Waals surface area contributed by atoms with Crippen LogP contribution in [0.15, 0.2) is 47.0 Å². The second kappa shape index (κ2) is 11.2. The Balaban J connectivity index is 1.07. The molecule has 2 aromatic heterocycles. The molecule has 0 unspecified atom stereocenters. The quantitative estimate of drug-likeness (QED) is 0.247. The lowest BCUT2D eigenvalue weighted by atomic mass is 9.88. The Morgan fingerprint density at radius 1 is 1.16 bits per heavy atom. The van der Waals surface area contributed by atoms with E-state index in [0.29, 0.717) is 46.6 Å². The van der Waals surface area contributed by atoms with E-state index in [-0.39, 0.29) is 17.7 Å². The smallest absolute Gasteiger partial charge is 0.358 e. The minimum Gasteiger partial charge on any atom is -0.476 e. The summed E-state index contributed by atoms with van der Waals surface area (Å²) in [5, 5.41) is 13.3. The summed E-state index contributed by atoms with van der Waals surface area (Å²) in [7, 11) is 0. The molecule has 2 saturated heterocycles. The monoisotopic (exact) mass is 622 g/mol. The van der Waals surface area contributed by atoms with Crippen LogP contribution in [0, 0.1) is 12.7 Å². The predicted molar refractivity (Wildman–Crippen MR) is 157 cm³/mol. The molecular weight excluding hydrogens is 591 g/mol. The maximum absolute atomic E-state index is 14.8. The summed E-state index contributed by atoms with van der Waals surface area (Å²) in [6.07, 6.45) is 2.90. The molecule has 4 aromatic rings. The van der Waals surface area contributed by atoms with Crippen molar-refractivity contribution < 1.29 is 33.0 Å². The van der Waals surface area contributed by atoms with Crippen LogP contribution < -0.4 is 9.47 Å². The van der Waals surface area contributed by atoms with Crippen LogP contribution in [0.4, 0.5) is 4.39 Å². The van der Waals surface area contributed by atoms with E-state index in [9.17, 15) is 14.3 Å². The maximum Gasteiger partial charge on any atom is 0.358 e. The molecule has 0 saturated carbocycles. The van der Waals surface area contributed by atoms with Gasteiger partial charge in [0, 0.05) is 35.9 Å². The molecule has 5 heterocycles. The van der Waals surface area contributed by atoms with E-state index in [4.69, 9.17) is 35.3 Å². The Bertz CT molecular complexity index is 1730. The maximum atomic E-state index is 14.8. The molecular formula is C32H32ClFN4O6. The number of rotatable bonds is 8. The third-order valence-electron chi connectivity index (χ3n) is 8.87. The van der Waals surface area contributed by atoms with E-state index in [1.54, 1.807) is 19.1 Å². The summed E-state index contributed by atoms with van der Waals surface area (Å²) >= 11 is 5.97. The lowest BCUT2D eigenvalue weighted by molar-refractivity contribution is -0.0712. The van der Waals surface area contributed by atoms with Crippen LogP contribution in [0.5, 0.6) is 11.5 Å². The van der Waals surface area contributed by atoms with Crippen molar-refractivity contribution in [2.24, 2.45) is 0 Å². The molecule has 3 aliphatic rings. The zero-order valence-corrected chi connectivity index (χ0v) is 25.1. The summed E-state index contributed by atoms with van der Waals surface area (Å²) in [6, 6.07) is 11.8. The van der Waals surface area contributed by atoms with Crippen LogP contribution in [0.3, 0.4) is 0 Å². The molecule has 10 nitrogen and oxygen atoms in total. The number of carboxylic acid groups (broad SMARTS) is 1. The predicted octanol–water partition coefficient (Wildman–Crippen LogP) is 6.15.